The number of nitrogens with zero attached hydrogens (tertiary/aromatic N) is 6. The molecule has 1 aliphatic heterocycles. The number of aromatic nitrogens is 4. The monoisotopic (exact) mass is 408 g/mol. The van der Waals surface area contributed by atoms with Gasteiger partial charge in [-0.2, -0.15) is 5.10 Å². The van der Waals surface area contributed by atoms with Gasteiger partial charge in [-0.3, -0.25) is 9.48 Å². The molecule has 0 bridgehead atoms. The SMILES string of the molecule is CN(C)c1ncc(-c2ccccc2F)c([C@@H]2CCCN(C(=O)Cn3cccn3)C2)n1. The Morgan fingerprint density at radius 1 is 1.23 bits per heavy atom. The summed E-state index contributed by atoms with van der Waals surface area (Å²) in [5.41, 5.74) is 1.96. The van der Waals surface area contributed by atoms with E-state index in [-0.39, 0.29) is 24.2 Å². The largest absolute Gasteiger partial charge is 0.347 e. The van der Waals surface area contributed by atoms with Crippen molar-refractivity contribution in [3.05, 3.63) is 60.4 Å². The van der Waals surface area contributed by atoms with Crippen LogP contribution in [0.4, 0.5) is 10.3 Å². The van der Waals surface area contributed by atoms with Gasteiger partial charge in [-0.15, -0.1) is 0 Å². The third-order valence-corrected chi connectivity index (χ3v) is 5.39. The molecule has 1 atom stereocenters. The molecule has 0 radical (unpaired) electrons. The minimum Gasteiger partial charge on any atom is -0.347 e. The number of hydrogen-bond acceptors (Lipinski definition) is 5. The average Bonchev–Trinajstić information content (AvgIpc) is 3.27. The van der Waals surface area contributed by atoms with Gasteiger partial charge in [-0.1, -0.05) is 18.2 Å². The highest BCUT2D eigenvalue weighted by atomic mass is 19.1. The Balaban J connectivity index is 1.65. The molecule has 1 saturated heterocycles. The van der Waals surface area contributed by atoms with E-state index in [1.807, 2.05) is 30.0 Å². The normalized spacial score (nSPS) is 16.5. The molecule has 1 amide bonds. The molecule has 4 rings (SSSR count). The van der Waals surface area contributed by atoms with E-state index in [1.54, 1.807) is 41.5 Å². The van der Waals surface area contributed by atoms with Crippen LogP contribution in [0.15, 0.2) is 48.9 Å². The van der Waals surface area contributed by atoms with E-state index in [0.717, 1.165) is 18.5 Å². The lowest BCUT2D eigenvalue weighted by molar-refractivity contribution is -0.133. The smallest absolute Gasteiger partial charge is 0.244 e. The zero-order valence-corrected chi connectivity index (χ0v) is 17.2. The van der Waals surface area contributed by atoms with Gasteiger partial charge in [0.15, 0.2) is 0 Å². The third kappa shape index (κ3) is 4.17. The van der Waals surface area contributed by atoms with Crippen molar-refractivity contribution in [2.75, 3.05) is 32.1 Å². The average molecular weight is 408 g/mol. The van der Waals surface area contributed by atoms with Crippen molar-refractivity contribution in [3.63, 3.8) is 0 Å². The summed E-state index contributed by atoms with van der Waals surface area (Å²) in [7, 11) is 3.76. The quantitative estimate of drug-likeness (QED) is 0.649. The van der Waals surface area contributed by atoms with Crippen LogP contribution in [-0.4, -0.2) is 57.7 Å². The minimum absolute atomic E-state index is 0.0108. The number of hydrogen-bond donors (Lipinski definition) is 0. The van der Waals surface area contributed by atoms with Crippen LogP contribution in [0.5, 0.6) is 0 Å². The zero-order chi connectivity index (χ0) is 21.1. The van der Waals surface area contributed by atoms with Gasteiger partial charge in [0.1, 0.15) is 12.4 Å². The topological polar surface area (TPSA) is 67.2 Å². The fourth-order valence-corrected chi connectivity index (χ4v) is 3.86. The van der Waals surface area contributed by atoms with E-state index in [0.29, 0.717) is 30.2 Å². The molecular weight excluding hydrogens is 383 g/mol. The van der Waals surface area contributed by atoms with Crippen molar-refractivity contribution >= 4 is 11.9 Å². The molecule has 1 fully saturated rings. The molecule has 30 heavy (non-hydrogen) atoms. The summed E-state index contributed by atoms with van der Waals surface area (Å²) in [4.78, 5) is 25.7. The summed E-state index contributed by atoms with van der Waals surface area (Å²) < 4.78 is 16.2. The van der Waals surface area contributed by atoms with Crippen LogP contribution in [-0.2, 0) is 11.3 Å². The summed E-state index contributed by atoms with van der Waals surface area (Å²) >= 11 is 0. The summed E-state index contributed by atoms with van der Waals surface area (Å²) in [6, 6.07) is 8.47. The number of piperidine rings is 1. The fourth-order valence-electron chi connectivity index (χ4n) is 3.86. The second-order valence-corrected chi connectivity index (χ2v) is 7.73. The zero-order valence-electron chi connectivity index (χ0n) is 17.2. The van der Waals surface area contributed by atoms with Gasteiger partial charge in [0.05, 0.1) is 5.69 Å². The van der Waals surface area contributed by atoms with Gasteiger partial charge in [0.25, 0.3) is 0 Å². The predicted octanol–water partition coefficient (Wildman–Crippen LogP) is 2.95. The Hall–Kier alpha value is -3.29. The molecule has 0 N–H and O–H groups in total. The van der Waals surface area contributed by atoms with Gasteiger partial charge in [-0.25, -0.2) is 14.4 Å². The number of carbonyl (C=O) groups is 1. The maximum absolute atomic E-state index is 14.6. The van der Waals surface area contributed by atoms with Crippen LogP contribution in [0.1, 0.15) is 24.5 Å². The molecule has 0 unspecified atom stereocenters. The number of likely N-dealkylation sites (tertiary alicyclic amines) is 1. The van der Waals surface area contributed by atoms with Gasteiger partial charge >= 0.3 is 0 Å². The highest BCUT2D eigenvalue weighted by molar-refractivity contribution is 5.76. The van der Waals surface area contributed by atoms with E-state index in [9.17, 15) is 9.18 Å². The summed E-state index contributed by atoms with van der Waals surface area (Å²) in [6.45, 7) is 1.47. The lowest BCUT2D eigenvalue weighted by atomic mass is 9.89. The lowest BCUT2D eigenvalue weighted by Gasteiger charge is -2.33. The fraction of sp³-hybridized carbons (Fsp3) is 0.364. The van der Waals surface area contributed by atoms with Crippen LogP contribution < -0.4 is 4.90 Å². The predicted molar refractivity (Wildman–Crippen MR) is 113 cm³/mol. The first-order chi connectivity index (χ1) is 14.5. The number of amides is 1. The lowest BCUT2D eigenvalue weighted by Crippen LogP contribution is -2.41. The van der Waals surface area contributed by atoms with E-state index < -0.39 is 0 Å². The first-order valence-electron chi connectivity index (χ1n) is 10.1. The Morgan fingerprint density at radius 2 is 2.07 bits per heavy atom. The maximum Gasteiger partial charge on any atom is 0.244 e. The Bertz CT molecular complexity index is 1020. The molecule has 7 nitrogen and oxygen atoms in total. The van der Waals surface area contributed by atoms with Gasteiger partial charge in [0.2, 0.25) is 11.9 Å². The number of rotatable bonds is 5. The molecule has 0 saturated carbocycles. The van der Waals surface area contributed by atoms with Crippen LogP contribution in [0.25, 0.3) is 11.1 Å². The molecule has 3 heterocycles. The van der Waals surface area contributed by atoms with Crippen molar-refractivity contribution in [1.82, 2.24) is 24.6 Å². The molecule has 0 aliphatic carbocycles. The van der Waals surface area contributed by atoms with Crippen molar-refractivity contribution in [1.29, 1.82) is 0 Å². The van der Waals surface area contributed by atoms with Gasteiger partial charge < -0.3 is 9.80 Å². The number of anilines is 1. The second kappa shape index (κ2) is 8.61. The Morgan fingerprint density at radius 3 is 2.80 bits per heavy atom. The second-order valence-electron chi connectivity index (χ2n) is 7.73. The van der Waals surface area contributed by atoms with E-state index in [2.05, 4.69) is 10.1 Å². The molecule has 0 spiro atoms. The molecule has 1 aliphatic rings. The first-order valence-corrected chi connectivity index (χ1v) is 10.1. The highest BCUT2D eigenvalue weighted by Crippen LogP contribution is 2.35. The first kappa shape index (κ1) is 20.0. The van der Waals surface area contributed by atoms with Crippen molar-refractivity contribution in [2.24, 2.45) is 0 Å². The molecule has 3 aromatic rings. The van der Waals surface area contributed by atoms with Gasteiger partial charge in [-0.05, 0) is 25.0 Å². The van der Waals surface area contributed by atoms with Gasteiger partial charge in [0, 0.05) is 62.8 Å². The standard InChI is InChI=1S/C22H25FN6O/c1-27(2)22-24-13-18(17-8-3-4-9-19(17)23)21(26-22)16-7-5-11-28(14-16)20(30)15-29-12-6-10-25-29/h3-4,6,8-10,12-13,16H,5,7,11,14-15H2,1-2H3/t16-/m1/s1. The molecule has 1 aromatic carbocycles. The Labute approximate surface area is 175 Å². The van der Waals surface area contributed by atoms with E-state index >= 15 is 0 Å². The molecule has 8 heteroatoms. The van der Waals surface area contributed by atoms with Crippen LogP contribution >= 0.6 is 0 Å². The van der Waals surface area contributed by atoms with Crippen molar-refractivity contribution < 1.29 is 9.18 Å². The molecule has 2 aromatic heterocycles. The van der Waals surface area contributed by atoms with E-state index in [1.165, 1.54) is 6.07 Å². The summed E-state index contributed by atoms with van der Waals surface area (Å²) in [5.74, 6) is 0.307. The number of carbonyl (C=O) groups excluding carboxylic acids is 1. The highest BCUT2D eigenvalue weighted by Gasteiger charge is 2.29. The minimum atomic E-state index is -0.303. The van der Waals surface area contributed by atoms with Crippen molar-refractivity contribution in [3.8, 4) is 11.1 Å². The Kier molecular flexibility index (Phi) is 5.74. The van der Waals surface area contributed by atoms with Crippen LogP contribution in [0, 0.1) is 5.82 Å². The van der Waals surface area contributed by atoms with Crippen LogP contribution in [0.2, 0.25) is 0 Å². The molecule has 156 valence electrons. The number of benzene rings is 1. The van der Waals surface area contributed by atoms with Crippen LogP contribution in [0.3, 0.4) is 0 Å². The van der Waals surface area contributed by atoms with E-state index in [4.69, 9.17) is 4.98 Å². The maximum atomic E-state index is 14.6. The third-order valence-electron chi connectivity index (χ3n) is 5.39. The number of halogens is 1. The molecular formula is C22H25FN6O. The summed E-state index contributed by atoms with van der Waals surface area (Å²) in [5, 5.41) is 4.12. The van der Waals surface area contributed by atoms with Crippen molar-refractivity contribution in [2.45, 2.75) is 25.3 Å². The summed E-state index contributed by atoms with van der Waals surface area (Å²) in [6.07, 6.45) is 6.89.